The molecule has 0 atom stereocenters. The van der Waals surface area contributed by atoms with Gasteiger partial charge in [0, 0.05) is 44.0 Å². The van der Waals surface area contributed by atoms with Crippen molar-refractivity contribution in [2.45, 2.75) is 32.1 Å². The van der Waals surface area contributed by atoms with E-state index in [1.807, 2.05) is 0 Å². The molecule has 3 rings (SSSR count). The summed E-state index contributed by atoms with van der Waals surface area (Å²) in [4.78, 5) is 26.6. The van der Waals surface area contributed by atoms with E-state index in [4.69, 9.17) is 4.74 Å². The van der Waals surface area contributed by atoms with Gasteiger partial charge in [-0.1, -0.05) is 11.6 Å². The van der Waals surface area contributed by atoms with Crippen molar-refractivity contribution < 1.29 is 14.3 Å². The molecule has 0 unspecified atom stereocenters. The largest absolute Gasteiger partial charge is 0.379 e. The molecule has 0 spiro atoms. The Balaban J connectivity index is 1.34. The predicted molar refractivity (Wildman–Crippen MR) is 114 cm³/mol. The number of ether oxygens (including phenoxy) is 1. The standard InChI is InChI=1S/C22H32N4O3/c27-21(23-12-13-26-14-16-29-17-15-26)19-6-8-20(9-7-19)25-22(28)24-11-10-18-4-2-1-3-5-18/h4,6-9H,1-3,5,10-17H2,(H,23,27)(H2,24,25,28). The van der Waals surface area contributed by atoms with Gasteiger partial charge in [-0.3, -0.25) is 9.69 Å². The van der Waals surface area contributed by atoms with E-state index in [9.17, 15) is 9.59 Å². The van der Waals surface area contributed by atoms with Crippen molar-refractivity contribution in [2.24, 2.45) is 0 Å². The predicted octanol–water partition coefficient (Wildman–Crippen LogP) is 2.76. The number of benzene rings is 1. The number of morpholine rings is 1. The zero-order chi connectivity index (χ0) is 20.3. The minimum atomic E-state index is -0.218. The highest BCUT2D eigenvalue weighted by Gasteiger charge is 2.11. The third-order valence-corrected chi connectivity index (χ3v) is 5.34. The molecule has 1 aliphatic carbocycles. The minimum Gasteiger partial charge on any atom is -0.379 e. The Labute approximate surface area is 172 Å². The highest BCUT2D eigenvalue weighted by molar-refractivity contribution is 5.95. The fraction of sp³-hybridized carbons (Fsp3) is 0.545. The molecule has 29 heavy (non-hydrogen) atoms. The normalized spacial score (nSPS) is 17.3. The minimum absolute atomic E-state index is 0.102. The number of allylic oxidation sites excluding steroid dienone is 1. The molecule has 0 saturated carbocycles. The summed E-state index contributed by atoms with van der Waals surface area (Å²) in [6.45, 7) is 5.41. The van der Waals surface area contributed by atoms with Gasteiger partial charge in [0.25, 0.3) is 5.91 Å². The van der Waals surface area contributed by atoms with Gasteiger partial charge in [0.2, 0.25) is 0 Å². The van der Waals surface area contributed by atoms with Crippen LogP contribution in [0.2, 0.25) is 0 Å². The molecule has 1 saturated heterocycles. The van der Waals surface area contributed by atoms with Crippen LogP contribution in [0.1, 0.15) is 42.5 Å². The van der Waals surface area contributed by atoms with E-state index in [0.717, 1.165) is 52.1 Å². The zero-order valence-electron chi connectivity index (χ0n) is 17.0. The molecular weight excluding hydrogens is 368 g/mol. The summed E-state index contributed by atoms with van der Waals surface area (Å²) in [5.41, 5.74) is 2.70. The van der Waals surface area contributed by atoms with Crippen LogP contribution < -0.4 is 16.0 Å². The van der Waals surface area contributed by atoms with Crippen LogP contribution in [-0.2, 0) is 4.74 Å². The van der Waals surface area contributed by atoms with Gasteiger partial charge in [0.05, 0.1) is 13.2 Å². The number of hydrogen-bond acceptors (Lipinski definition) is 4. The van der Waals surface area contributed by atoms with E-state index in [-0.39, 0.29) is 11.9 Å². The Morgan fingerprint density at radius 1 is 1.00 bits per heavy atom. The number of amides is 3. The van der Waals surface area contributed by atoms with Crippen molar-refractivity contribution >= 4 is 17.6 Å². The highest BCUT2D eigenvalue weighted by atomic mass is 16.5. The Kier molecular flexibility index (Phi) is 8.52. The van der Waals surface area contributed by atoms with Gasteiger partial charge in [0.1, 0.15) is 0 Å². The number of nitrogens with zero attached hydrogens (tertiary/aromatic N) is 1. The topological polar surface area (TPSA) is 82.7 Å². The lowest BCUT2D eigenvalue weighted by Gasteiger charge is -2.26. The molecule has 1 aliphatic heterocycles. The van der Waals surface area contributed by atoms with Crippen LogP contribution in [-0.4, -0.2) is 62.8 Å². The number of urea groups is 1. The summed E-state index contributed by atoms with van der Waals surface area (Å²) in [6.07, 6.45) is 8.06. The first-order valence-electron chi connectivity index (χ1n) is 10.6. The summed E-state index contributed by atoms with van der Waals surface area (Å²) < 4.78 is 5.32. The van der Waals surface area contributed by atoms with Crippen LogP contribution in [0, 0.1) is 0 Å². The summed E-state index contributed by atoms with van der Waals surface area (Å²) in [5, 5.41) is 8.64. The van der Waals surface area contributed by atoms with Crippen molar-refractivity contribution in [3.05, 3.63) is 41.5 Å². The van der Waals surface area contributed by atoms with Gasteiger partial charge in [-0.15, -0.1) is 0 Å². The first-order chi connectivity index (χ1) is 14.2. The van der Waals surface area contributed by atoms with Crippen LogP contribution in [0.5, 0.6) is 0 Å². The second kappa shape index (κ2) is 11.6. The fourth-order valence-electron chi connectivity index (χ4n) is 3.60. The monoisotopic (exact) mass is 400 g/mol. The average molecular weight is 401 g/mol. The smallest absolute Gasteiger partial charge is 0.319 e. The highest BCUT2D eigenvalue weighted by Crippen LogP contribution is 2.19. The molecule has 0 aromatic heterocycles. The Morgan fingerprint density at radius 2 is 1.79 bits per heavy atom. The van der Waals surface area contributed by atoms with Gasteiger partial charge in [0.15, 0.2) is 0 Å². The first kappa shape index (κ1) is 21.3. The first-order valence-corrected chi connectivity index (χ1v) is 10.6. The molecule has 2 aliphatic rings. The van der Waals surface area contributed by atoms with Crippen LogP contribution in [0.15, 0.2) is 35.9 Å². The van der Waals surface area contributed by atoms with Crippen molar-refractivity contribution in [3.8, 4) is 0 Å². The Morgan fingerprint density at radius 3 is 2.52 bits per heavy atom. The molecule has 0 radical (unpaired) electrons. The number of nitrogens with one attached hydrogen (secondary N) is 3. The van der Waals surface area contributed by atoms with Crippen LogP contribution >= 0.6 is 0 Å². The van der Waals surface area contributed by atoms with Crippen molar-refractivity contribution in [1.29, 1.82) is 0 Å². The van der Waals surface area contributed by atoms with Crippen molar-refractivity contribution in [1.82, 2.24) is 15.5 Å². The van der Waals surface area contributed by atoms with E-state index in [1.165, 1.54) is 18.4 Å². The molecule has 1 aromatic rings. The maximum absolute atomic E-state index is 12.3. The molecule has 1 aromatic carbocycles. The molecule has 7 heteroatoms. The fourth-order valence-corrected chi connectivity index (χ4v) is 3.60. The quantitative estimate of drug-likeness (QED) is 0.586. The van der Waals surface area contributed by atoms with Gasteiger partial charge in [-0.25, -0.2) is 4.79 Å². The average Bonchev–Trinajstić information content (AvgIpc) is 2.76. The van der Waals surface area contributed by atoms with Crippen LogP contribution in [0.4, 0.5) is 10.5 Å². The van der Waals surface area contributed by atoms with Gasteiger partial charge in [-0.05, 0) is 56.4 Å². The third kappa shape index (κ3) is 7.51. The van der Waals surface area contributed by atoms with E-state index >= 15 is 0 Å². The van der Waals surface area contributed by atoms with E-state index in [2.05, 4.69) is 26.9 Å². The summed E-state index contributed by atoms with van der Waals surface area (Å²) in [5.74, 6) is -0.102. The number of hydrogen-bond donors (Lipinski definition) is 3. The van der Waals surface area contributed by atoms with Crippen LogP contribution in [0.25, 0.3) is 0 Å². The third-order valence-electron chi connectivity index (χ3n) is 5.34. The second-order valence-corrected chi connectivity index (χ2v) is 7.53. The molecule has 3 amide bonds. The van der Waals surface area contributed by atoms with Gasteiger partial charge in [-0.2, -0.15) is 0 Å². The molecule has 158 valence electrons. The Bertz CT molecular complexity index is 697. The lowest BCUT2D eigenvalue weighted by Crippen LogP contribution is -2.41. The maximum atomic E-state index is 12.3. The lowest BCUT2D eigenvalue weighted by molar-refractivity contribution is 0.0383. The number of rotatable bonds is 8. The van der Waals surface area contributed by atoms with Crippen molar-refractivity contribution in [2.75, 3.05) is 51.3 Å². The maximum Gasteiger partial charge on any atom is 0.319 e. The summed E-state index contributed by atoms with van der Waals surface area (Å²) in [7, 11) is 0. The van der Waals surface area contributed by atoms with E-state index in [1.54, 1.807) is 24.3 Å². The molecule has 0 bridgehead atoms. The number of carbonyl (C=O) groups excluding carboxylic acids is 2. The summed E-state index contributed by atoms with van der Waals surface area (Å²) >= 11 is 0. The molecule has 7 nitrogen and oxygen atoms in total. The number of carbonyl (C=O) groups is 2. The van der Waals surface area contributed by atoms with E-state index < -0.39 is 0 Å². The molecular formula is C22H32N4O3. The lowest BCUT2D eigenvalue weighted by atomic mass is 9.97. The second-order valence-electron chi connectivity index (χ2n) is 7.53. The zero-order valence-corrected chi connectivity index (χ0v) is 17.0. The SMILES string of the molecule is O=C(NCCC1=CCCCC1)Nc1ccc(C(=O)NCCN2CCOCC2)cc1. The Hall–Kier alpha value is -2.38. The number of anilines is 1. The van der Waals surface area contributed by atoms with Gasteiger partial charge < -0.3 is 20.7 Å². The molecule has 1 fully saturated rings. The van der Waals surface area contributed by atoms with E-state index in [0.29, 0.717) is 24.3 Å². The molecule has 3 N–H and O–H groups in total. The van der Waals surface area contributed by atoms with Crippen molar-refractivity contribution in [3.63, 3.8) is 0 Å². The van der Waals surface area contributed by atoms with Gasteiger partial charge >= 0.3 is 6.03 Å². The molecule has 1 heterocycles. The van der Waals surface area contributed by atoms with Crippen LogP contribution in [0.3, 0.4) is 0 Å². The summed E-state index contributed by atoms with van der Waals surface area (Å²) in [6, 6.07) is 6.74.